The van der Waals surface area contributed by atoms with Crippen LogP contribution in [0.15, 0.2) is 66.7 Å². The third kappa shape index (κ3) is 3.35. The van der Waals surface area contributed by atoms with E-state index in [9.17, 15) is 9.90 Å². The fourth-order valence-electron chi connectivity index (χ4n) is 2.26. The second-order valence-electron chi connectivity index (χ2n) is 5.04. The molecule has 102 valence electrons. The minimum absolute atomic E-state index is 0.466. The van der Waals surface area contributed by atoms with Gasteiger partial charge in [0.05, 0.1) is 5.92 Å². The Balaban J connectivity index is 2.38. The van der Waals surface area contributed by atoms with E-state index in [1.807, 2.05) is 61.5 Å². The molecule has 0 fully saturated rings. The monoisotopic (exact) mass is 266 g/mol. The van der Waals surface area contributed by atoms with Crippen LogP contribution >= 0.6 is 0 Å². The molecule has 0 spiro atoms. The summed E-state index contributed by atoms with van der Waals surface area (Å²) in [6.07, 6.45) is 0.466. The summed E-state index contributed by atoms with van der Waals surface area (Å²) in [6.45, 7) is 5.68. The lowest BCUT2D eigenvalue weighted by Crippen LogP contribution is -2.12. The highest BCUT2D eigenvalue weighted by atomic mass is 16.4. The van der Waals surface area contributed by atoms with Crippen LogP contribution in [0, 0.1) is 0 Å². The third-order valence-electron chi connectivity index (χ3n) is 3.25. The van der Waals surface area contributed by atoms with Gasteiger partial charge in [0.2, 0.25) is 0 Å². The predicted octanol–water partition coefficient (Wildman–Crippen LogP) is 4.49. The first-order valence-electron chi connectivity index (χ1n) is 6.60. The van der Waals surface area contributed by atoms with Gasteiger partial charge in [0.1, 0.15) is 0 Å². The van der Waals surface area contributed by atoms with E-state index in [1.165, 1.54) is 0 Å². The molecule has 1 atom stereocenters. The number of carboxylic acid groups (broad SMARTS) is 1. The van der Waals surface area contributed by atoms with Gasteiger partial charge in [0.25, 0.3) is 0 Å². The molecule has 2 rings (SSSR count). The van der Waals surface area contributed by atoms with Crippen molar-refractivity contribution in [2.24, 2.45) is 0 Å². The molecular formula is C18H18O2. The summed E-state index contributed by atoms with van der Waals surface area (Å²) < 4.78 is 0. The molecule has 0 heterocycles. The minimum atomic E-state index is -0.807. The van der Waals surface area contributed by atoms with Crippen molar-refractivity contribution in [2.45, 2.75) is 19.3 Å². The molecule has 2 heteroatoms. The molecule has 20 heavy (non-hydrogen) atoms. The zero-order chi connectivity index (χ0) is 14.5. The molecule has 2 aromatic rings. The van der Waals surface area contributed by atoms with E-state index in [4.69, 9.17) is 0 Å². The van der Waals surface area contributed by atoms with Crippen LogP contribution < -0.4 is 0 Å². The summed E-state index contributed by atoms with van der Waals surface area (Å²) in [4.78, 5) is 11.4. The molecule has 0 aliphatic heterocycles. The highest BCUT2D eigenvalue weighted by molar-refractivity contribution is 5.77. The largest absolute Gasteiger partial charge is 0.481 e. The van der Waals surface area contributed by atoms with E-state index >= 15 is 0 Å². The van der Waals surface area contributed by atoms with Crippen molar-refractivity contribution in [3.63, 3.8) is 0 Å². The lowest BCUT2D eigenvalue weighted by Gasteiger charge is -2.14. The van der Waals surface area contributed by atoms with Gasteiger partial charge >= 0.3 is 5.97 Å². The van der Waals surface area contributed by atoms with Crippen molar-refractivity contribution in [3.05, 3.63) is 72.3 Å². The number of carboxylic acids is 1. The second kappa shape index (κ2) is 6.20. The molecular weight excluding hydrogens is 248 g/mol. The van der Waals surface area contributed by atoms with E-state index in [1.54, 1.807) is 0 Å². The Kier molecular flexibility index (Phi) is 4.36. The first-order valence-corrected chi connectivity index (χ1v) is 6.60. The summed E-state index contributed by atoms with van der Waals surface area (Å²) in [6, 6.07) is 17.7. The number of hydrogen-bond acceptors (Lipinski definition) is 1. The summed E-state index contributed by atoms with van der Waals surface area (Å²) in [7, 11) is 0. The lowest BCUT2D eigenvalue weighted by atomic mass is 9.91. The van der Waals surface area contributed by atoms with Crippen LogP contribution in [0.4, 0.5) is 0 Å². The summed E-state index contributed by atoms with van der Waals surface area (Å²) in [5.74, 6) is -1.34. The van der Waals surface area contributed by atoms with Crippen molar-refractivity contribution < 1.29 is 9.90 Å². The van der Waals surface area contributed by atoms with E-state index in [0.717, 1.165) is 22.3 Å². The van der Waals surface area contributed by atoms with Crippen LogP contribution in [0.1, 0.15) is 24.8 Å². The lowest BCUT2D eigenvalue weighted by molar-refractivity contribution is -0.138. The molecule has 0 aliphatic carbocycles. The van der Waals surface area contributed by atoms with E-state index < -0.39 is 11.9 Å². The normalized spacial score (nSPS) is 11.8. The standard InChI is InChI=1S/C18H18O2/c1-13(2)11-17(18(19)20)16-10-6-9-15(12-16)14-7-4-3-5-8-14/h3-10,12,17H,1,11H2,2H3,(H,19,20)/t17-/m1/s1. The second-order valence-corrected chi connectivity index (χ2v) is 5.04. The molecule has 2 aromatic carbocycles. The van der Waals surface area contributed by atoms with Gasteiger partial charge in [-0.05, 0) is 30.0 Å². The van der Waals surface area contributed by atoms with Gasteiger partial charge in [-0.25, -0.2) is 0 Å². The fourth-order valence-corrected chi connectivity index (χ4v) is 2.26. The zero-order valence-electron chi connectivity index (χ0n) is 11.5. The number of hydrogen-bond donors (Lipinski definition) is 1. The Morgan fingerprint density at radius 3 is 2.35 bits per heavy atom. The Labute approximate surface area is 119 Å². The first kappa shape index (κ1) is 14.1. The van der Waals surface area contributed by atoms with Crippen LogP contribution in [-0.4, -0.2) is 11.1 Å². The van der Waals surface area contributed by atoms with E-state index in [0.29, 0.717) is 6.42 Å². The smallest absolute Gasteiger partial charge is 0.311 e. The molecule has 1 N–H and O–H groups in total. The Morgan fingerprint density at radius 2 is 1.75 bits per heavy atom. The number of allylic oxidation sites excluding steroid dienone is 1. The van der Waals surface area contributed by atoms with Crippen molar-refractivity contribution >= 4 is 5.97 Å². The predicted molar refractivity (Wildman–Crippen MR) is 81.7 cm³/mol. The average Bonchev–Trinajstić information content (AvgIpc) is 2.45. The maximum Gasteiger partial charge on any atom is 0.311 e. The topological polar surface area (TPSA) is 37.3 Å². The summed E-state index contributed by atoms with van der Waals surface area (Å²) in [5, 5.41) is 9.40. The maximum absolute atomic E-state index is 11.4. The quantitative estimate of drug-likeness (QED) is 0.810. The molecule has 0 amide bonds. The van der Waals surface area contributed by atoms with Gasteiger partial charge in [-0.2, -0.15) is 0 Å². The molecule has 0 saturated heterocycles. The maximum atomic E-state index is 11.4. The number of carbonyl (C=O) groups is 1. The van der Waals surface area contributed by atoms with Crippen LogP contribution in [0.3, 0.4) is 0 Å². The van der Waals surface area contributed by atoms with Crippen molar-refractivity contribution in [2.75, 3.05) is 0 Å². The van der Waals surface area contributed by atoms with Crippen LogP contribution in [0.25, 0.3) is 11.1 Å². The van der Waals surface area contributed by atoms with Crippen LogP contribution in [-0.2, 0) is 4.79 Å². The molecule has 0 unspecified atom stereocenters. The summed E-state index contributed by atoms with van der Waals surface area (Å²) in [5.41, 5.74) is 3.83. The highest BCUT2D eigenvalue weighted by Gasteiger charge is 2.20. The molecule has 0 aliphatic rings. The third-order valence-corrected chi connectivity index (χ3v) is 3.25. The minimum Gasteiger partial charge on any atom is -0.481 e. The van der Waals surface area contributed by atoms with Crippen LogP contribution in [0.5, 0.6) is 0 Å². The molecule has 0 radical (unpaired) electrons. The zero-order valence-corrected chi connectivity index (χ0v) is 11.5. The van der Waals surface area contributed by atoms with Crippen molar-refractivity contribution in [1.29, 1.82) is 0 Å². The van der Waals surface area contributed by atoms with Gasteiger partial charge < -0.3 is 5.11 Å². The van der Waals surface area contributed by atoms with Gasteiger partial charge in [-0.1, -0.05) is 60.2 Å². The number of rotatable bonds is 5. The van der Waals surface area contributed by atoms with E-state index in [2.05, 4.69) is 6.58 Å². The van der Waals surface area contributed by atoms with E-state index in [-0.39, 0.29) is 0 Å². The van der Waals surface area contributed by atoms with Gasteiger partial charge in [-0.15, -0.1) is 6.58 Å². The molecule has 0 bridgehead atoms. The summed E-state index contributed by atoms with van der Waals surface area (Å²) >= 11 is 0. The molecule has 2 nitrogen and oxygen atoms in total. The van der Waals surface area contributed by atoms with Gasteiger partial charge in [0.15, 0.2) is 0 Å². The Hall–Kier alpha value is -2.35. The SMILES string of the molecule is C=C(C)C[C@@H](C(=O)O)c1cccc(-c2ccccc2)c1. The van der Waals surface area contributed by atoms with Crippen molar-refractivity contribution in [3.8, 4) is 11.1 Å². The van der Waals surface area contributed by atoms with Crippen LogP contribution in [0.2, 0.25) is 0 Å². The Morgan fingerprint density at radius 1 is 1.10 bits per heavy atom. The van der Waals surface area contributed by atoms with Gasteiger partial charge in [0, 0.05) is 0 Å². The fraction of sp³-hybridized carbons (Fsp3) is 0.167. The number of aliphatic carboxylic acids is 1. The number of benzene rings is 2. The average molecular weight is 266 g/mol. The highest BCUT2D eigenvalue weighted by Crippen LogP contribution is 2.27. The molecule has 0 aromatic heterocycles. The van der Waals surface area contributed by atoms with Gasteiger partial charge in [-0.3, -0.25) is 4.79 Å². The van der Waals surface area contributed by atoms with Crippen molar-refractivity contribution in [1.82, 2.24) is 0 Å². The Bertz CT molecular complexity index is 614. The first-order chi connectivity index (χ1) is 9.58. The molecule has 0 saturated carbocycles.